The molecule has 8 heteroatoms. The molecular formula is C13H19NO5S2. The summed E-state index contributed by atoms with van der Waals surface area (Å²) in [6, 6.07) is 0.711. The van der Waals surface area contributed by atoms with E-state index in [0.29, 0.717) is 0 Å². The fourth-order valence-corrected chi connectivity index (χ4v) is 4.73. The Hall–Kier alpha value is -1.41. The van der Waals surface area contributed by atoms with E-state index in [2.05, 4.69) is 4.74 Å². The predicted molar refractivity (Wildman–Crippen MR) is 80.4 cm³/mol. The number of sulfone groups is 1. The largest absolute Gasteiger partial charge is 0.465 e. The van der Waals surface area contributed by atoms with Crippen LogP contribution in [0.3, 0.4) is 0 Å². The van der Waals surface area contributed by atoms with Crippen molar-refractivity contribution >= 4 is 32.4 Å². The van der Waals surface area contributed by atoms with E-state index in [4.69, 9.17) is 0 Å². The number of carbonyl (C=O) groups excluding carboxylic acids is 2. The van der Waals surface area contributed by atoms with Crippen LogP contribution in [0.4, 0.5) is 4.79 Å². The first-order valence-corrected chi connectivity index (χ1v) is 8.74. The number of hydrogen-bond donors (Lipinski definition) is 0. The third-order valence-corrected chi connectivity index (χ3v) is 5.46. The van der Waals surface area contributed by atoms with Gasteiger partial charge < -0.3 is 9.64 Å². The minimum Gasteiger partial charge on any atom is -0.465 e. The van der Waals surface area contributed by atoms with E-state index in [-0.39, 0.29) is 21.9 Å². The first-order valence-electron chi connectivity index (χ1n) is 6.37. The van der Waals surface area contributed by atoms with Gasteiger partial charge in [-0.25, -0.2) is 13.2 Å². The monoisotopic (exact) mass is 333 g/mol. The highest BCUT2D eigenvalue weighted by Gasteiger charge is 2.36. The van der Waals surface area contributed by atoms with E-state index >= 15 is 0 Å². The Kier molecular flexibility index (Phi) is 5.52. The van der Waals surface area contributed by atoms with E-state index in [1.54, 1.807) is 27.7 Å². The Balaban J connectivity index is 3.32. The second-order valence-electron chi connectivity index (χ2n) is 4.97. The molecular weight excluding hydrogens is 314 g/mol. The van der Waals surface area contributed by atoms with Gasteiger partial charge in [0.1, 0.15) is 9.77 Å². The molecule has 1 amide bonds. The second kappa shape index (κ2) is 6.57. The van der Waals surface area contributed by atoms with Crippen molar-refractivity contribution < 1.29 is 22.7 Å². The van der Waals surface area contributed by atoms with Crippen LogP contribution in [0.2, 0.25) is 0 Å². The third kappa shape index (κ3) is 3.44. The molecule has 0 spiro atoms. The average Bonchev–Trinajstić information content (AvgIpc) is 2.86. The van der Waals surface area contributed by atoms with Gasteiger partial charge in [0, 0.05) is 12.1 Å². The summed E-state index contributed by atoms with van der Waals surface area (Å²) in [5.74, 6) is -0.767. The summed E-state index contributed by atoms with van der Waals surface area (Å²) >= 11 is 0.931. The van der Waals surface area contributed by atoms with Crippen LogP contribution in [0.1, 0.15) is 37.4 Å². The minimum absolute atomic E-state index is 0.0849. The minimum atomic E-state index is -4.27. The molecule has 118 valence electrons. The Labute approximate surface area is 128 Å². The number of methoxy groups -OCH3 is 1. The molecule has 0 N–H and O–H groups in total. The molecule has 0 fully saturated rings. The van der Waals surface area contributed by atoms with Crippen LogP contribution in [-0.2, 0) is 14.6 Å². The van der Waals surface area contributed by atoms with Crippen molar-refractivity contribution in [3.63, 3.8) is 0 Å². The molecule has 0 bridgehead atoms. The van der Waals surface area contributed by atoms with Gasteiger partial charge in [-0.2, -0.15) is 0 Å². The number of amides is 1. The number of hydrogen-bond acceptors (Lipinski definition) is 6. The third-order valence-electron chi connectivity index (χ3n) is 2.84. The number of nitrogens with zero attached hydrogens (tertiary/aromatic N) is 1. The molecule has 0 saturated carbocycles. The van der Waals surface area contributed by atoms with Crippen molar-refractivity contribution in [1.29, 1.82) is 0 Å². The molecule has 0 aliphatic heterocycles. The van der Waals surface area contributed by atoms with Gasteiger partial charge >= 0.3 is 11.2 Å². The Morgan fingerprint density at radius 3 is 2.14 bits per heavy atom. The maximum atomic E-state index is 12.5. The molecule has 0 radical (unpaired) electrons. The molecule has 21 heavy (non-hydrogen) atoms. The van der Waals surface area contributed by atoms with Crippen LogP contribution < -0.4 is 0 Å². The maximum Gasteiger partial charge on any atom is 0.349 e. The summed E-state index contributed by atoms with van der Waals surface area (Å²) in [6.45, 7) is 6.95. The molecule has 6 nitrogen and oxygen atoms in total. The number of carbonyl (C=O) groups is 2. The fourth-order valence-electron chi connectivity index (χ4n) is 2.00. The van der Waals surface area contributed by atoms with Gasteiger partial charge in [0.2, 0.25) is 0 Å². The van der Waals surface area contributed by atoms with Gasteiger partial charge in [0.05, 0.1) is 7.11 Å². The van der Waals surface area contributed by atoms with Crippen LogP contribution in [0.25, 0.3) is 0 Å². The maximum absolute atomic E-state index is 12.5. The zero-order valence-electron chi connectivity index (χ0n) is 12.6. The van der Waals surface area contributed by atoms with E-state index in [1.807, 2.05) is 0 Å². The summed E-state index contributed by atoms with van der Waals surface area (Å²) in [5, 5.41) is 0.442. The van der Waals surface area contributed by atoms with Gasteiger partial charge in [-0.05, 0) is 39.1 Å². The smallest absolute Gasteiger partial charge is 0.349 e. The second-order valence-corrected chi connectivity index (χ2v) is 7.68. The Morgan fingerprint density at radius 2 is 1.71 bits per heavy atom. The number of rotatable bonds is 4. The van der Waals surface area contributed by atoms with Gasteiger partial charge in [0.25, 0.3) is 9.84 Å². The molecule has 0 unspecified atom stereocenters. The topological polar surface area (TPSA) is 80.8 Å². The first-order chi connectivity index (χ1) is 9.64. The highest BCUT2D eigenvalue weighted by Crippen LogP contribution is 2.26. The van der Waals surface area contributed by atoms with Gasteiger partial charge in [-0.1, -0.05) is 0 Å². The molecule has 1 rings (SSSR count). The lowest BCUT2D eigenvalue weighted by Crippen LogP contribution is -2.44. The van der Waals surface area contributed by atoms with Crippen LogP contribution in [0.15, 0.2) is 16.3 Å². The van der Waals surface area contributed by atoms with Gasteiger partial charge in [-0.3, -0.25) is 4.79 Å². The highest BCUT2D eigenvalue weighted by molar-refractivity contribution is 8.06. The van der Waals surface area contributed by atoms with Crippen molar-refractivity contribution in [2.75, 3.05) is 7.11 Å². The van der Waals surface area contributed by atoms with Crippen molar-refractivity contribution in [3.05, 3.63) is 16.3 Å². The quantitative estimate of drug-likeness (QED) is 0.791. The number of thiophene rings is 1. The van der Waals surface area contributed by atoms with Crippen LogP contribution in [-0.4, -0.2) is 43.7 Å². The lowest BCUT2D eigenvalue weighted by atomic mass is 10.2. The van der Waals surface area contributed by atoms with E-state index in [1.165, 1.54) is 16.3 Å². The van der Waals surface area contributed by atoms with Crippen LogP contribution >= 0.6 is 11.3 Å². The highest BCUT2D eigenvalue weighted by atomic mass is 32.2. The standard InChI is InChI=1S/C13H19NO5S2/c1-8(2)14(9(3)4)13(16)21(17,18)10-6-7-20-11(10)12(15)19-5/h6-9H,1-5H3. The Morgan fingerprint density at radius 1 is 1.19 bits per heavy atom. The van der Waals surface area contributed by atoms with E-state index in [9.17, 15) is 18.0 Å². The molecule has 0 aromatic carbocycles. The van der Waals surface area contributed by atoms with Crippen LogP contribution in [0.5, 0.6) is 0 Å². The summed E-state index contributed by atoms with van der Waals surface area (Å²) in [5.41, 5.74) is 0. The molecule has 0 atom stereocenters. The van der Waals surface area contributed by atoms with Crippen molar-refractivity contribution in [2.24, 2.45) is 0 Å². The zero-order chi connectivity index (χ0) is 16.4. The van der Waals surface area contributed by atoms with Crippen molar-refractivity contribution in [3.8, 4) is 0 Å². The molecule has 1 aromatic heterocycles. The SMILES string of the molecule is COC(=O)c1sccc1S(=O)(=O)C(=O)N(C(C)C)C(C)C. The van der Waals surface area contributed by atoms with Crippen molar-refractivity contribution in [1.82, 2.24) is 4.90 Å². The van der Waals surface area contributed by atoms with Crippen LogP contribution in [0, 0.1) is 0 Å². The summed E-state index contributed by atoms with van der Waals surface area (Å²) in [7, 11) is -3.11. The lowest BCUT2D eigenvalue weighted by Gasteiger charge is -2.30. The van der Waals surface area contributed by atoms with Gasteiger partial charge in [-0.15, -0.1) is 11.3 Å². The summed E-state index contributed by atoms with van der Waals surface area (Å²) < 4.78 is 29.5. The molecule has 1 heterocycles. The molecule has 0 aliphatic rings. The normalized spacial score (nSPS) is 11.8. The first kappa shape index (κ1) is 17.6. The van der Waals surface area contributed by atoms with Crippen molar-refractivity contribution in [2.45, 2.75) is 44.7 Å². The van der Waals surface area contributed by atoms with Gasteiger partial charge in [0.15, 0.2) is 0 Å². The average molecular weight is 333 g/mol. The summed E-state index contributed by atoms with van der Waals surface area (Å²) in [6.07, 6.45) is 0. The molecule has 0 aliphatic carbocycles. The number of ether oxygens (including phenoxy) is 1. The fraction of sp³-hybridized carbons (Fsp3) is 0.538. The predicted octanol–water partition coefficient (Wildman–Crippen LogP) is 2.55. The molecule has 1 aromatic rings. The zero-order valence-corrected chi connectivity index (χ0v) is 14.2. The summed E-state index contributed by atoms with van der Waals surface area (Å²) in [4.78, 5) is 24.9. The Bertz CT molecular complexity index is 623. The van der Waals surface area contributed by atoms with E-state index in [0.717, 1.165) is 18.4 Å². The molecule has 0 saturated heterocycles. The van der Waals surface area contributed by atoms with E-state index < -0.39 is 21.0 Å². The number of esters is 1. The lowest BCUT2D eigenvalue weighted by molar-refractivity contribution is 0.0602.